The molecule has 0 aliphatic rings. The van der Waals surface area contributed by atoms with E-state index in [0.29, 0.717) is 6.54 Å². The van der Waals surface area contributed by atoms with Crippen LogP contribution in [0, 0.1) is 13.8 Å². The van der Waals surface area contributed by atoms with Gasteiger partial charge in [0.25, 0.3) is 0 Å². The van der Waals surface area contributed by atoms with E-state index in [-0.39, 0.29) is 0 Å². The molecule has 0 aliphatic heterocycles. The van der Waals surface area contributed by atoms with E-state index in [4.69, 9.17) is 4.98 Å². The summed E-state index contributed by atoms with van der Waals surface area (Å²) >= 11 is 0. The number of aromatic amines is 1. The van der Waals surface area contributed by atoms with Crippen LogP contribution >= 0.6 is 0 Å². The van der Waals surface area contributed by atoms with Crippen LogP contribution in [0.3, 0.4) is 0 Å². The second kappa shape index (κ2) is 7.02. The number of rotatable bonds is 4. The van der Waals surface area contributed by atoms with Gasteiger partial charge in [0, 0.05) is 40.2 Å². The van der Waals surface area contributed by atoms with E-state index in [2.05, 4.69) is 75.2 Å². The van der Waals surface area contributed by atoms with Crippen LogP contribution in [-0.2, 0) is 6.54 Å². The molecular weight excluding hydrogens is 358 g/mol. The average molecular weight is 379 g/mol. The van der Waals surface area contributed by atoms with E-state index in [9.17, 15) is 0 Å². The zero-order valence-electron chi connectivity index (χ0n) is 16.4. The van der Waals surface area contributed by atoms with Crippen LogP contribution in [-0.4, -0.2) is 24.7 Å². The summed E-state index contributed by atoms with van der Waals surface area (Å²) in [5.74, 6) is 0. The van der Waals surface area contributed by atoms with Crippen LogP contribution in [0.25, 0.3) is 33.3 Å². The van der Waals surface area contributed by atoms with E-state index in [1.165, 1.54) is 10.9 Å². The third kappa shape index (κ3) is 3.01. The number of fused-ring (bicyclic) bond motifs is 1. The highest BCUT2D eigenvalue weighted by atomic mass is 15.1. The van der Waals surface area contributed by atoms with Crippen molar-refractivity contribution >= 4 is 10.8 Å². The minimum Gasteiger partial charge on any atom is -0.325 e. The summed E-state index contributed by atoms with van der Waals surface area (Å²) in [4.78, 5) is 9.11. The van der Waals surface area contributed by atoms with Gasteiger partial charge in [-0.3, -0.25) is 10.1 Å². The van der Waals surface area contributed by atoms with Crippen molar-refractivity contribution in [3.63, 3.8) is 0 Å². The average Bonchev–Trinajstić information content (AvgIpc) is 3.32. The first-order valence-corrected chi connectivity index (χ1v) is 9.66. The summed E-state index contributed by atoms with van der Waals surface area (Å²) in [5.41, 5.74) is 7.65. The molecule has 1 N–H and O–H groups in total. The maximum Gasteiger partial charge on any atom is 0.0963 e. The van der Waals surface area contributed by atoms with Gasteiger partial charge in [-0.25, -0.2) is 4.98 Å². The van der Waals surface area contributed by atoms with Crippen LogP contribution in [0.5, 0.6) is 0 Å². The Labute approximate surface area is 169 Å². The number of imidazole rings is 1. The minimum absolute atomic E-state index is 0.713. The molecule has 5 nitrogen and oxygen atoms in total. The van der Waals surface area contributed by atoms with Crippen molar-refractivity contribution in [1.29, 1.82) is 0 Å². The van der Waals surface area contributed by atoms with Gasteiger partial charge in [-0.15, -0.1) is 0 Å². The highest BCUT2D eigenvalue weighted by molar-refractivity contribution is 5.98. The molecule has 5 aromatic rings. The molecule has 29 heavy (non-hydrogen) atoms. The van der Waals surface area contributed by atoms with Gasteiger partial charge in [-0.05, 0) is 25.3 Å². The van der Waals surface area contributed by atoms with Crippen LogP contribution < -0.4 is 0 Å². The molecule has 0 aliphatic carbocycles. The number of hydrogen-bond donors (Lipinski definition) is 1. The molecule has 0 atom stereocenters. The normalized spacial score (nSPS) is 11.2. The molecule has 0 radical (unpaired) electrons. The Morgan fingerprint density at radius 1 is 0.966 bits per heavy atom. The van der Waals surface area contributed by atoms with E-state index in [0.717, 1.165) is 39.3 Å². The lowest BCUT2D eigenvalue weighted by atomic mass is 9.99. The third-order valence-electron chi connectivity index (χ3n) is 5.43. The van der Waals surface area contributed by atoms with Gasteiger partial charge in [0.2, 0.25) is 0 Å². The quantitative estimate of drug-likeness (QED) is 0.469. The van der Waals surface area contributed by atoms with Gasteiger partial charge in [-0.1, -0.05) is 48.5 Å². The van der Waals surface area contributed by atoms with Gasteiger partial charge in [0.15, 0.2) is 0 Å². The van der Waals surface area contributed by atoms with Crippen LogP contribution in [0.15, 0.2) is 73.3 Å². The van der Waals surface area contributed by atoms with E-state index >= 15 is 0 Å². The molecule has 2 aromatic carbocycles. The molecule has 0 fully saturated rings. The molecule has 0 saturated carbocycles. The zero-order valence-corrected chi connectivity index (χ0v) is 16.4. The van der Waals surface area contributed by atoms with Gasteiger partial charge in [0.1, 0.15) is 0 Å². The number of aromatic nitrogens is 5. The molecular formula is C24H21N5. The summed E-state index contributed by atoms with van der Waals surface area (Å²) in [7, 11) is 0. The van der Waals surface area contributed by atoms with Gasteiger partial charge < -0.3 is 4.57 Å². The lowest BCUT2D eigenvalue weighted by Gasteiger charge is -2.13. The summed E-state index contributed by atoms with van der Waals surface area (Å²) in [5, 5.41) is 9.74. The smallest absolute Gasteiger partial charge is 0.0963 e. The Bertz CT molecular complexity index is 1270. The molecule has 0 amide bonds. The van der Waals surface area contributed by atoms with Crippen molar-refractivity contribution in [3.05, 3.63) is 90.3 Å². The molecule has 5 rings (SSSR count). The Morgan fingerprint density at radius 2 is 1.83 bits per heavy atom. The first-order valence-electron chi connectivity index (χ1n) is 9.66. The topological polar surface area (TPSA) is 59.4 Å². The number of H-pyrrole nitrogens is 1. The van der Waals surface area contributed by atoms with Crippen LogP contribution in [0.1, 0.15) is 17.0 Å². The molecule has 3 aromatic heterocycles. The zero-order chi connectivity index (χ0) is 19.8. The van der Waals surface area contributed by atoms with Gasteiger partial charge in [0.05, 0.1) is 30.0 Å². The first-order chi connectivity index (χ1) is 14.2. The Kier molecular flexibility index (Phi) is 4.21. The predicted molar refractivity (Wildman–Crippen MR) is 116 cm³/mol. The largest absolute Gasteiger partial charge is 0.325 e. The van der Waals surface area contributed by atoms with E-state index < -0.39 is 0 Å². The molecule has 5 heteroatoms. The number of benzene rings is 2. The number of hydrogen-bond acceptors (Lipinski definition) is 3. The Hall–Kier alpha value is -3.73. The summed E-state index contributed by atoms with van der Waals surface area (Å²) < 4.78 is 2.22. The molecule has 0 saturated heterocycles. The van der Waals surface area contributed by atoms with Crippen molar-refractivity contribution < 1.29 is 0 Å². The molecule has 142 valence electrons. The van der Waals surface area contributed by atoms with E-state index in [1.54, 1.807) is 0 Å². The molecule has 3 heterocycles. The monoisotopic (exact) mass is 379 g/mol. The lowest BCUT2D eigenvalue weighted by Crippen LogP contribution is -2.03. The maximum atomic E-state index is 4.83. The standard InChI is InChI=1S/C24H21N5/c1-16-22(17(2)28-27-16)14-29-15-26-23(18-7-4-3-5-8-18)24(29)21-10-6-9-19-13-25-12-11-20(19)21/h3-13,15H,14H2,1-2H3,(H,27,28). The SMILES string of the molecule is Cc1n[nH]c(C)c1Cn1cnc(-c2ccccc2)c1-c1cccc2cnccc12. The Balaban J connectivity index is 1.76. The highest BCUT2D eigenvalue weighted by Crippen LogP contribution is 2.36. The fraction of sp³-hybridized carbons (Fsp3) is 0.125. The Morgan fingerprint density at radius 3 is 2.62 bits per heavy atom. The number of pyridine rings is 1. The fourth-order valence-electron chi connectivity index (χ4n) is 3.90. The van der Waals surface area contributed by atoms with E-state index in [1.807, 2.05) is 31.7 Å². The molecule has 0 bridgehead atoms. The minimum atomic E-state index is 0.713. The molecule has 0 spiro atoms. The van der Waals surface area contributed by atoms with Gasteiger partial charge in [-0.2, -0.15) is 5.10 Å². The number of aryl methyl sites for hydroxylation is 2. The lowest BCUT2D eigenvalue weighted by molar-refractivity contribution is 0.795. The van der Waals surface area contributed by atoms with Crippen molar-refractivity contribution in [1.82, 2.24) is 24.7 Å². The molecule has 0 unspecified atom stereocenters. The second-order valence-electron chi connectivity index (χ2n) is 7.25. The summed E-state index contributed by atoms with van der Waals surface area (Å²) in [6.07, 6.45) is 5.69. The maximum absolute atomic E-state index is 4.83. The highest BCUT2D eigenvalue weighted by Gasteiger charge is 2.18. The predicted octanol–water partition coefficient (Wildman–Crippen LogP) is 5.15. The number of nitrogens with one attached hydrogen (secondary N) is 1. The van der Waals surface area contributed by atoms with Crippen molar-refractivity contribution in [2.45, 2.75) is 20.4 Å². The first kappa shape index (κ1) is 17.4. The fourth-order valence-corrected chi connectivity index (χ4v) is 3.90. The second-order valence-corrected chi connectivity index (χ2v) is 7.25. The van der Waals surface area contributed by atoms with Crippen LogP contribution in [0.2, 0.25) is 0 Å². The van der Waals surface area contributed by atoms with Gasteiger partial charge >= 0.3 is 0 Å². The third-order valence-corrected chi connectivity index (χ3v) is 5.43. The summed E-state index contributed by atoms with van der Waals surface area (Å²) in [6.45, 7) is 4.82. The van der Waals surface area contributed by atoms with Crippen molar-refractivity contribution in [2.75, 3.05) is 0 Å². The van der Waals surface area contributed by atoms with Crippen molar-refractivity contribution in [2.24, 2.45) is 0 Å². The van der Waals surface area contributed by atoms with Crippen molar-refractivity contribution in [3.8, 4) is 22.5 Å². The summed E-state index contributed by atoms with van der Waals surface area (Å²) in [6, 6.07) is 18.8. The van der Waals surface area contributed by atoms with Crippen LogP contribution in [0.4, 0.5) is 0 Å². The number of nitrogens with zero attached hydrogens (tertiary/aromatic N) is 4.